The van der Waals surface area contributed by atoms with Crippen LogP contribution in [-0.4, -0.2) is 10.3 Å². The Morgan fingerprint density at radius 3 is 2.94 bits per heavy atom. The van der Waals surface area contributed by atoms with Crippen LogP contribution in [0.1, 0.15) is 24.2 Å². The minimum absolute atomic E-state index is 0.0741. The van der Waals surface area contributed by atoms with Crippen molar-refractivity contribution in [2.24, 2.45) is 0 Å². The van der Waals surface area contributed by atoms with E-state index in [0.29, 0.717) is 12.1 Å². The third kappa shape index (κ3) is 2.82. The molecule has 0 bridgehead atoms. The zero-order valence-electron chi connectivity index (χ0n) is 9.35. The Morgan fingerprint density at radius 1 is 1.47 bits per heavy atom. The highest BCUT2D eigenvalue weighted by molar-refractivity contribution is 5.29. The van der Waals surface area contributed by atoms with Crippen LogP contribution in [0.2, 0.25) is 0 Å². The zero-order chi connectivity index (χ0) is 12.3. The van der Waals surface area contributed by atoms with Crippen molar-refractivity contribution in [3.63, 3.8) is 0 Å². The maximum Gasteiger partial charge on any atom is 0.131 e. The Hall–Kier alpha value is -1.88. The third-order valence-electron chi connectivity index (χ3n) is 2.53. The minimum Gasteiger partial charge on any atom is -0.508 e. The van der Waals surface area contributed by atoms with E-state index in [-0.39, 0.29) is 11.8 Å². The molecule has 1 heterocycles. The lowest BCUT2D eigenvalue weighted by Gasteiger charge is -2.14. The number of aromatic hydroxyl groups is 1. The molecule has 0 saturated heterocycles. The molecule has 4 nitrogen and oxygen atoms in total. The van der Waals surface area contributed by atoms with Crippen LogP contribution in [0, 0.1) is 5.82 Å². The summed E-state index contributed by atoms with van der Waals surface area (Å²) in [6, 6.07) is 5.70. The van der Waals surface area contributed by atoms with Gasteiger partial charge in [-0.3, -0.25) is 0 Å². The highest BCUT2D eigenvalue weighted by Crippen LogP contribution is 2.21. The second-order valence-electron chi connectivity index (χ2n) is 3.80. The van der Waals surface area contributed by atoms with Gasteiger partial charge >= 0.3 is 0 Å². The number of hydrogen-bond acceptors (Lipinski definition) is 4. The first-order valence-corrected chi connectivity index (χ1v) is 5.28. The van der Waals surface area contributed by atoms with E-state index in [9.17, 15) is 4.39 Å². The SMILES string of the molecule is CC(NCc1ccon1)c1ccc(O)cc1F. The zero-order valence-corrected chi connectivity index (χ0v) is 9.35. The Labute approximate surface area is 98.1 Å². The largest absolute Gasteiger partial charge is 0.508 e. The second-order valence-corrected chi connectivity index (χ2v) is 3.80. The lowest BCUT2D eigenvalue weighted by Crippen LogP contribution is -2.19. The van der Waals surface area contributed by atoms with Gasteiger partial charge in [-0.05, 0) is 13.0 Å². The normalized spacial score (nSPS) is 12.6. The molecular weight excluding hydrogens is 223 g/mol. The Bertz CT molecular complexity index is 485. The van der Waals surface area contributed by atoms with Crippen LogP contribution < -0.4 is 5.32 Å². The standard InChI is InChI=1S/C12H13FN2O2/c1-8(14-7-9-4-5-17-15-9)11-3-2-10(16)6-12(11)13/h2-6,8,14,16H,7H2,1H3. The predicted octanol–water partition coefficient (Wildman–Crippen LogP) is 2.37. The van der Waals surface area contributed by atoms with Gasteiger partial charge in [-0.2, -0.15) is 0 Å². The molecule has 2 N–H and O–H groups in total. The van der Waals surface area contributed by atoms with Gasteiger partial charge in [0.2, 0.25) is 0 Å². The van der Waals surface area contributed by atoms with E-state index < -0.39 is 5.82 Å². The van der Waals surface area contributed by atoms with Crippen molar-refractivity contribution in [2.45, 2.75) is 19.5 Å². The van der Waals surface area contributed by atoms with Crippen LogP contribution in [0.15, 0.2) is 35.1 Å². The first-order chi connectivity index (χ1) is 8.16. The van der Waals surface area contributed by atoms with E-state index in [0.717, 1.165) is 11.8 Å². The molecule has 0 saturated carbocycles. The van der Waals surface area contributed by atoms with E-state index >= 15 is 0 Å². The number of halogens is 1. The molecule has 0 radical (unpaired) electrons. The number of nitrogens with one attached hydrogen (secondary N) is 1. The molecule has 17 heavy (non-hydrogen) atoms. The third-order valence-corrected chi connectivity index (χ3v) is 2.53. The van der Waals surface area contributed by atoms with Crippen molar-refractivity contribution in [2.75, 3.05) is 0 Å². The molecule has 0 aliphatic carbocycles. The molecule has 1 unspecified atom stereocenters. The van der Waals surface area contributed by atoms with Crippen molar-refractivity contribution in [1.82, 2.24) is 10.5 Å². The molecule has 5 heteroatoms. The number of benzene rings is 1. The van der Waals surface area contributed by atoms with Crippen LogP contribution in [-0.2, 0) is 6.54 Å². The van der Waals surface area contributed by atoms with Crippen molar-refractivity contribution in [3.8, 4) is 5.75 Å². The van der Waals surface area contributed by atoms with E-state index in [1.54, 1.807) is 12.1 Å². The average Bonchev–Trinajstić information content (AvgIpc) is 2.78. The van der Waals surface area contributed by atoms with E-state index in [1.807, 2.05) is 6.92 Å². The molecule has 0 aliphatic heterocycles. The molecule has 0 amide bonds. The minimum atomic E-state index is -0.426. The molecule has 2 aromatic rings. The maximum absolute atomic E-state index is 13.5. The average molecular weight is 236 g/mol. The van der Waals surface area contributed by atoms with Gasteiger partial charge in [0.15, 0.2) is 0 Å². The van der Waals surface area contributed by atoms with Gasteiger partial charge in [0.1, 0.15) is 17.8 Å². The molecule has 1 aromatic heterocycles. The smallest absolute Gasteiger partial charge is 0.131 e. The molecule has 1 atom stereocenters. The number of phenolic OH excluding ortho intramolecular Hbond substituents is 1. The van der Waals surface area contributed by atoms with Gasteiger partial charge in [-0.25, -0.2) is 4.39 Å². The van der Waals surface area contributed by atoms with Gasteiger partial charge in [0.25, 0.3) is 0 Å². The van der Waals surface area contributed by atoms with Gasteiger partial charge < -0.3 is 14.9 Å². The van der Waals surface area contributed by atoms with E-state index in [1.165, 1.54) is 12.3 Å². The molecular formula is C12H13FN2O2. The fraction of sp³-hybridized carbons (Fsp3) is 0.250. The monoisotopic (exact) mass is 236 g/mol. The van der Waals surface area contributed by atoms with E-state index in [4.69, 9.17) is 9.63 Å². The highest BCUT2D eigenvalue weighted by Gasteiger charge is 2.11. The van der Waals surface area contributed by atoms with Crippen molar-refractivity contribution in [1.29, 1.82) is 0 Å². The molecule has 0 aliphatic rings. The summed E-state index contributed by atoms with van der Waals surface area (Å²) >= 11 is 0. The summed E-state index contributed by atoms with van der Waals surface area (Å²) in [5.41, 5.74) is 1.27. The molecule has 90 valence electrons. The summed E-state index contributed by atoms with van der Waals surface area (Å²) in [5.74, 6) is -0.500. The second kappa shape index (κ2) is 4.97. The molecule has 2 rings (SSSR count). The summed E-state index contributed by atoms with van der Waals surface area (Å²) in [7, 11) is 0. The summed E-state index contributed by atoms with van der Waals surface area (Å²) in [4.78, 5) is 0. The lowest BCUT2D eigenvalue weighted by atomic mass is 10.1. The fourth-order valence-electron chi connectivity index (χ4n) is 1.56. The topological polar surface area (TPSA) is 58.3 Å². The fourth-order valence-corrected chi connectivity index (χ4v) is 1.56. The Balaban J connectivity index is 2.01. The molecule has 0 spiro atoms. The van der Waals surface area contributed by atoms with Crippen LogP contribution in [0.4, 0.5) is 4.39 Å². The lowest BCUT2D eigenvalue weighted by molar-refractivity contribution is 0.405. The van der Waals surface area contributed by atoms with E-state index in [2.05, 4.69) is 10.5 Å². The number of hydrogen-bond donors (Lipinski definition) is 2. The summed E-state index contributed by atoms with van der Waals surface area (Å²) in [6.07, 6.45) is 1.49. The number of phenols is 1. The van der Waals surface area contributed by atoms with Crippen molar-refractivity contribution >= 4 is 0 Å². The Morgan fingerprint density at radius 2 is 2.29 bits per heavy atom. The predicted molar refractivity (Wildman–Crippen MR) is 59.8 cm³/mol. The highest BCUT2D eigenvalue weighted by atomic mass is 19.1. The summed E-state index contributed by atoms with van der Waals surface area (Å²) in [5, 5.41) is 16.0. The van der Waals surface area contributed by atoms with Gasteiger partial charge in [0, 0.05) is 30.3 Å². The van der Waals surface area contributed by atoms with Crippen LogP contribution in [0.25, 0.3) is 0 Å². The Kier molecular flexibility index (Phi) is 3.39. The van der Waals surface area contributed by atoms with Crippen LogP contribution in [0.5, 0.6) is 5.75 Å². The number of nitrogens with zero attached hydrogens (tertiary/aromatic N) is 1. The number of aromatic nitrogens is 1. The van der Waals surface area contributed by atoms with Crippen molar-refractivity contribution < 1.29 is 14.0 Å². The molecule has 0 fully saturated rings. The van der Waals surface area contributed by atoms with Crippen molar-refractivity contribution in [3.05, 3.63) is 47.6 Å². The first kappa shape index (κ1) is 11.6. The van der Waals surface area contributed by atoms with Crippen LogP contribution >= 0.6 is 0 Å². The summed E-state index contributed by atoms with van der Waals surface area (Å²) in [6.45, 7) is 2.34. The maximum atomic E-state index is 13.5. The van der Waals surface area contributed by atoms with Crippen LogP contribution in [0.3, 0.4) is 0 Å². The van der Waals surface area contributed by atoms with Gasteiger partial charge in [-0.15, -0.1) is 0 Å². The van der Waals surface area contributed by atoms with Gasteiger partial charge in [0.05, 0.1) is 5.69 Å². The first-order valence-electron chi connectivity index (χ1n) is 5.28. The van der Waals surface area contributed by atoms with Gasteiger partial charge in [-0.1, -0.05) is 11.2 Å². The quantitative estimate of drug-likeness (QED) is 0.855. The molecule has 1 aromatic carbocycles. The summed E-state index contributed by atoms with van der Waals surface area (Å²) < 4.78 is 18.2. The number of rotatable bonds is 4.